The number of urea groups is 1. The van der Waals surface area contributed by atoms with Gasteiger partial charge in [-0.3, -0.25) is 10.1 Å². The SMILES string of the molecule is CCCCCCCCCCN1CC(C)C(=O)NC1=O. The highest BCUT2D eigenvalue weighted by Crippen LogP contribution is 2.11. The molecule has 1 N–H and O–H groups in total. The van der Waals surface area contributed by atoms with E-state index in [0.717, 1.165) is 13.0 Å². The summed E-state index contributed by atoms with van der Waals surface area (Å²) >= 11 is 0. The summed E-state index contributed by atoms with van der Waals surface area (Å²) in [7, 11) is 0. The van der Waals surface area contributed by atoms with E-state index < -0.39 is 0 Å². The van der Waals surface area contributed by atoms with Crippen molar-refractivity contribution in [1.29, 1.82) is 0 Å². The number of nitrogens with one attached hydrogen (secondary N) is 1. The third-order valence-corrected chi connectivity index (χ3v) is 3.74. The van der Waals surface area contributed by atoms with Gasteiger partial charge in [0.25, 0.3) is 0 Å². The van der Waals surface area contributed by atoms with Crippen LogP contribution in [0.15, 0.2) is 0 Å². The van der Waals surface area contributed by atoms with Gasteiger partial charge in [-0.1, -0.05) is 58.8 Å². The zero-order chi connectivity index (χ0) is 14.1. The minimum Gasteiger partial charge on any atom is -0.324 e. The van der Waals surface area contributed by atoms with E-state index in [9.17, 15) is 9.59 Å². The summed E-state index contributed by atoms with van der Waals surface area (Å²) in [5.41, 5.74) is 0. The monoisotopic (exact) mass is 268 g/mol. The Kier molecular flexibility index (Phi) is 7.53. The third kappa shape index (κ3) is 6.08. The second-order valence-electron chi connectivity index (χ2n) is 5.62. The van der Waals surface area contributed by atoms with E-state index in [2.05, 4.69) is 12.2 Å². The van der Waals surface area contributed by atoms with E-state index >= 15 is 0 Å². The maximum absolute atomic E-state index is 11.6. The van der Waals surface area contributed by atoms with Crippen molar-refractivity contribution in [3.63, 3.8) is 0 Å². The normalized spacial score (nSPS) is 19.7. The van der Waals surface area contributed by atoms with E-state index in [-0.39, 0.29) is 17.9 Å². The van der Waals surface area contributed by atoms with Gasteiger partial charge in [-0.25, -0.2) is 4.79 Å². The summed E-state index contributed by atoms with van der Waals surface area (Å²) in [4.78, 5) is 24.6. The van der Waals surface area contributed by atoms with Crippen LogP contribution in [-0.2, 0) is 4.79 Å². The predicted octanol–water partition coefficient (Wildman–Crippen LogP) is 3.32. The van der Waals surface area contributed by atoms with Crippen LogP contribution in [0.5, 0.6) is 0 Å². The first-order valence-electron chi connectivity index (χ1n) is 7.75. The van der Waals surface area contributed by atoms with E-state index in [1.807, 2.05) is 6.92 Å². The van der Waals surface area contributed by atoms with Crippen molar-refractivity contribution < 1.29 is 9.59 Å². The molecular weight excluding hydrogens is 240 g/mol. The molecule has 4 nitrogen and oxygen atoms in total. The molecule has 0 aromatic carbocycles. The molecule has 0 aromatic rings. The Bertz CT molecular complexity index is 292. The standard InChI is InChI=1S/C15H28N2O2/c1-3-4-5-6-7-8-9-10-11-17-12-13(2)14(18)16-15(17)19/h13H,3-12H2,1-2H3,(H,16,18,19). The summed E-state index contributed by atoms with van der Waals surface area (Å²) in [5.74, 6) is -0.219. The number of nitrogens with zero attached hydrogens (tertiary/aromatic N) is 1. The van der Waals surface area contributed by atoms with E-state index in [1.165, 1.54) is 44.9 Å². The Hall–Kier alpha value is -1.06. The lowest BCUT2D eigenvalue weighted by molar-refractivity contribution is -0.125. The quantitative estimate of drug-likeness (QED) is 0.652. The number of hydrogen-bond donors (Lipinski definition) is 1. The predicted molar refractivity (Wildman–Crippen MR) is 76.9 cm³/mol. The number of amides is 3. The van der Waals surface area contributed by atoms with Gasteiger partial charge in [-0.2, -0.15) is 0 Å². The Morgan fingerprint density at radius 3 is 2.26 bits per heavy atom. The molecule has 1 heterocycles. The molecule has 1 aliphatic rings. The molecule has 0 aliphatic carbocycles. The second kappa shape index (κ2) is 8.94. The zero-order valence-electron chi connectivity index (χ0n) is 12.4. The number of carbonyl (C=O) groups is 2. The molecule has 1 atom stereocenters. The van der Waals surface area contributed by atoms with Crippen LogP contribution in [0, 0.1) is 5.92 Å². The minimum absolute atomic E-state index is 0.0771. The van der Waals surface area contributed by atoms with Crippen molar-refractivity contribution in [2.75, 3.05) is 13.1 Å². The van der Waals surface area contributed by atoms with Gasteiger partial charge in [0.05, 0.1) is 5.92 Å². The van der Waals surface area contributed by atoms with Gasteiger partial charge < -0.3 is 4.90 Å². The van der Waals surface area contributed by atoms with Gasteiger partial charge >= 0.3 is 6.03 Å². The maximum atomic E-state index is 11.6. The Morgan fingerprint density at radius 2 is 1.63 bits per heavy atom. The molecule has 4 heteroatoms. The summed E-state index contributed by atoms with van der Waals surface area (Å²) in [5, 5.41) is 2.40. The molecule has 0 saturated carbocycles. The Morgan fingerprint density at radius 1 is 1.05 bits per heavy atom. The lowest BCUT2D eigenvalue weighted by Gasteiger charge is -2.30. The molecule has 1 rings (SSSR count). The molecule has 1 aliphatic heterocycles. The summed E-state index contributed by atoms with van der Waals surface area (Å²) in [6, 6.07) is -0.217. The molecule has 0 spiro atoms. The fraction of sp³-hybridized carbons (Fsp3) is 0.867. The number of hydrogen-bond acceptors (Lipinski definition) is 2. The molecule has 3 amide bonds. The molecule has 0 aromatic heterocycles. The van der Waals surface area contributed by atoms with Crippen LogP contribution in [0.4, 0.5) is 4.79 Å². The highest BCUT2D eigenvalue weighted by Gasteiger charge is 2.28. The Labute approximate surface area is 116 Å². The van der Waals surface area contributed by atoms with E-state index in [0.29, 0.717) is 6.54 Å². The third-order valence-electron chi connectivity index (χ3n) is 3.74. The number of unbranched alkanes of at least 4 members (excludes halogenated alkanes) is 7. The van der Waals surface area contributed by atoms with Gasteiger partial charge in [0.15, 0.2) is 0 Å². The average Bonchev–Trinajstić information content (AvgIpc) is 2.38. The van der Waals surface area contributed by atoms with Crippen molar-refractivity contribution >= 4 is 11.9 Å². The smallest absolute Gasteiger partial charge is 0.324 e. The first-order chi connectivity index (χ1) is 9.15. The molecule has 0 bridgehead atoms. The van der Waals surface area contributed by atoms with Gasteiger partial charge in [0.2, 0.25) is 5.91 Å². The fourth-order valence-electron chi connectivity index (χ4n) is 2.43. The summed E-state index contributed by atoms with van der Waals surface area (Å²) in [6.45, 7) is 5.44. The summed E-state index contributed by atoms with van der Waals surface area (Å²) < 4.78 is 0. The van der Waals surface area contributed by atoms with Crippen LogP contribution >= 0.6 is 0 Å². The highest BCUT2D eigenvalue weighted by molar-refractivity contribution is 5.97. The van der Waals surface area contributed by atoms with Gasteiger partial charge in [-0.05, 0) is 6.42 Å². The molecule has 0 radical (unpaired) electrons. The largest absolute Gasteiger partial charge is 0.324 e. The fourth-order valence-corrected chi connectivity index (χ4v) is 2.43. The van der Waals surface area contributed by atoms with Crippen molar-refractivity contribution in [3.05, 3.63) is 0 Å². The molecule has 1 saturated heterocycles. The van der Waals surface area contributed by atoms with Crippen LogP contribution in [0.1, 0.15) is 65.2 Å². The lowest BCUT2D eigenvalue weighted by atomic mass is 10.1. The van der Waals surface area contributed by atoms with Crippen LogP contribution in [0.2, 0.25) is 0 Å². The van der Waals surface area contributed by atoms with Gasteiger partial charge in [0, 0.05) is 13.1 Å². The van der Waals surface area contributed by atoms with Gasteiger partial charge in [0.1, 0.15) is 0 Å². The minimum atomic E-state index is -0.217. The van der Waals surface area contributed by atoms with Crippen LogP contribution in [-0.4, -0.2) is 29.9 Å². The Balaban J connectivity index is 2.03. The number of rotatable bonds is 9. The summed E-state index contributed by atoms with van der Waals surface area (Å²) in [6.07, 6.45) is 10.1. The molecule has 1 fully saturated rings. The zero-order valence-corrected chi connectivity index (χ0v) is 12.4. The second-order valence-corrected chi connectivity index (χ2v) is 5.62. The van der Waals surface area contributed by atoms with Crippen molar-refractivity contribution in [1.82, 2.24) is 10.2 Å². The maximum Gasteiger partial charge on any atom is 0.324 e. The first-order valence-corrected chi connectivity index (χ1v) is 7.75. The van der Waals surface area contributed by atoms with Crippen LogP contribution in [0.25, 0.3) is 0 Å². The molecule has 110 valence electrons. The molecule has 1 unspecified atom stereocenters. The molecular formula is C15H28N2O2. The van der Waals surface area contributed by atoms with Crippen molar-refractivity contribution in [3.8, 4) is 0 Å². The first kappa shape index (κ1) is 16.0. The van der Waals surface area contributed by atoms with Crippen LogP contribution in [0.3, 0.4) is 0 Å². The number of carbonyl (C=O) groups excluding carboxylic acids is 2. The van der Waals surface area contributed by atoms with E-state index in [4.69, 9.17) is 0 Å². The molecule has 19 heavy (non-hydrogen) atoms. The van der Waals surface area contributed by atoms with E-state index in [1.54, 1.807) is 4.90 Å². The van der Waals surface area contributed by atoms with Crippen LogP contribution < -0.4 is 5.32 Å². The average molecular weight is 268 g/mol. The number of imide groups is 1. The van der Waals surface area contributed by atoms with Gasteiger partial charge in [-0.15, -0.1) is 0 Å². The van der Waals surface area contributed by atoms with Crippen molar-refractivity contribution in [2.24, 2.45) is 5.92 Å². The topological polar surface area (TPSA) is 49.4 Å². The highest BCUT2D eigenvalue weighted by atomic mass is 16.2. The lowest BCUT2D eigenvalue weighted by Crippen LogP contribution is -2.53. The van der Waals surface area contributed by atoms with Crippen molar-refractivity contribution in [2.45, 2.75) is 65.2 Å².